The number of amides is 1. The highest BCUT2D eigenvalue weighted by atomic mass is 16.5. The number of hydrogen-bond donors (Lipinski definition) is 1. The van der Waals surface area contributed by atoms with Gasteiger partial charge in [0.1, 0.15) is 12.6 Å². The van der Waals surface area contributed by atoms with Crippen molar-refractivity contribution in [3.05, 3.63) is 48.0 Å². The molecule has 1 aliphatic heterocycles. The van der Waals surface area contributed by atoms with Gasteiger partial charge in [-0.1, -0.05) is 36.4 Å². The van der Waals surface area contributed by atoms with E-state index in [2.05, 4.69) is 0 Å². The van der Waals surface area contributed by atoms with Gasteiger partial charge in [0.25, 0.3) is 0 Å². The van der Waals surface area contributed by atoms with Gasteiger partial charge in [0, 0.05) is 6.54 Å². The van der Waals surface area contributed by atoms with Crippen LogP contribution in [0, 0.1) is 11.3 Å². The van der Waals surface area contributed by atoms with Crippen LogP contribution >= 0.6 is 0 Å². The molecule has 1 heterocycles. The molecule has 2 N–H and O–H groups in total. The van der Waals surface area contributed by atoms with Crippen LogP contribution in [0.5, 0.6) is 0 Å². The fourth-order valence-corrected chi connectivity index (χ4v) is 2.14. The minimum absolute atomic E-state index is 0.146. The molecule has 1 aromatic carbocycles. The Kier molecular flexibility index (Phi) is 5.28. The molecule has 0 fully saturated rings. The van der Waals surface area contributed by atoms with Crippen molar-refractivity contribution in [2.75, 3.05) is 6.54 Å². The third kappa shape index (κ3) is 3.93. The van der Waals surface area contributed by atoms with Gasteiger partial charge in [-0.05, 0) is 11.6 Å². The van der Waals surface area contributed by atoms with Crippen LogP contribution in [0.2, 0.25) is 0 Å². The third-order valence-electron chi connectivity index (χ3n) is 3.32. The molecule has 22 heavy (non-hydrogen) atoms. The van der Waals surface area contributed by atoms with Crippen molar-refractivity contribution in [2.24, 2.45) is 5.73 Å². The van der Waals surface area contributed by atoms with E-state index in [9.17, 15) is 9.59 Å². The summed E-state index contributed by atoms with van der Waals surface area (Å²) in [7, 11) is 0. The number of carbonyl (C=O) groups is 2. The molecule has 0 aromatic heterocycles. The summed E-state index contributed by atoms with van der Waals surface area (Å²) in [5.41, 5.74) is 6.62. The first-order valence-corrected chi connectivity index (χ1v) is 6.93. The lowest BCUT2D eigenvalue weighted by Crippen LogP contribution is -2.46. The van der Waals surface area contributed by atoms with Crippen LogP contribution in [-0.2, 0) is 20.9 Å². The number of carbonyl (C=O) groups excluding carboxylic acids is 2. The van der Waals surface area contributed by atoms with Crippen molar-refractivity contribution in [2.45, 2.75) is 25.1 Å². The van der Waals surface area contributed by atoms with Gasteiger partial charge in [0.15, 0.2) is 0 Å². The van der Waals surface area contributed by atoms with Crippen molar-refractivity contribution < 1.29 is 14.3 Å². The second-order valence-corrected chi connectivity index (χ2v) is 4.95. The topological polar surface area (TPSA) is 96.4 Å². The molecule has 0 saturated carbocycles. The van der Waals surface area contributed by atoms with E-state index < -0.39 is 24.0 Å². The van der Waals surface area contributed by atoms with E-state index in [1.807, 2.05) is 36.4 Å². The van der Waals surface area contributed by atoms with Gasteiger partial charge in [0.05, 0.1) is 18.5 Å². The molecule has 1 aromatic rings. The van der Waals surface area contributed by atoms with Crippen molar-refractivity contribution in [3.8, 4) is 6.07 Å². The molecule has 2 unspecified atom stereocenters. The minimum Gasteiger partial charge on any atom is -0.461 e. The molecule has 114 valence electrons. The number of nitrogens with two attached hydrogens (primary N) is 1. The van der Waals surface area contributed by atoms with Crippen molar-refractivity contribution >= 4 is 11.9 Å². The van der Waals surface area contributed by atoms with E-state index in [-0.39, 0.29) is 13.0 Å². The maximum Gasteiger partial charge on any atom is 0.308 e. The van der Waals surface area contributed by atoms with E-state index in [0.29, 0.717) is 6.54 Å². The molecule has 1 aliphatic rings. The summed E-state index contributed by atoms with van der Waals surface area (Å²) in [5, 5.41) is 8.93. The van der Waals surface area contributed by atoms with E-state index in [4.69, 9.17) is 15.7 Å². The van der Waals surface area contributed by atoms with Crippen LogP contribution in [0.15, 0.2) is 42.5 Å². The SMILES string of the molecule is N#CC1C=CCN1C(=O)C(N)CC(=O)OCc1ccccc1. The van der Waals surface area contributed by atoms with Gasteiger partial charge in [0.2, 0.25) is 5.91 Å². The Labute approximate surface area is 128 Å². The lowest BCUT2D eigenvalue weighted by atomic mass is 10.1. The Hall–Kier alpha value is -2.65. The highest BCUT2D eigenvalue weighted by Crippen LogP contribution is 2.11. The van der Waals surface area contributed by atoms with Gasteiger partial charge in [-0.3, -0.25) is 9.59 Å². The second-order valence-electron chi connectivity index (χ2n) is 4.95. The lowest BCUT2D eigenvalue weighted by Gasteiger charge is -2.22. The summed E-state index contributed by atoms with van der Waals surface area (Å²) >= 11 is 0. The molecule has 0 bridgehead atoms. The van der Waals surface area contributed by atoms with E-state index in [0.717, 1.165) is 5.56 Å². The van der Waals surface area contributed by atoms with E-state index in [1.165, 1.54) is 4.90 Å². The molecule has 6 heteroatoms. The van der Waals surface area contributed by atoms with Crippen molar-refractivity contribution in [1.82, 2.24) is 4.90 Å². The summed E-state index contributed by atoms with van der Waals surface area (Å²) in [5.74, 6) is -0.960. The monoisotopic (exact) mass is 299 g/mol. The fraction of sp³-hybridized carbons (Fsp3) is 0.312. The fourth-order valence-electron chi connectivity index (χ4n) is 2.14. The quantitative estimate of drug-likeness (QED) is 0.639. The summed E-state index contributed by atoms with van der Waals surface area (Å²) in [6, 6.07) is 9.63. The predicted octanol–water partition coefficient (Wildman–Crippen LogP) is 0.738. The number of hydrogen-bond acceptors (Lipinski definition) is 5. The lowest BCUT2D eigenvalue weighted by molar-refractivity contribution is -0.148. The number of benzene rings is 1. The molecule has 0 saturated heterocycles. The summed E-state index contributed by atoms with van der Waals surface area (Å²) in [6.45, 7) is 0.483. The Morgan fingerprint density at radius 1 is 1.41 bits per heavy atom. The first-order valence-electron chi connectivity index (χ1n) is 6.93. The highest BCUT2D eigenvalue weighted by molar-refractivity contribution is 5.87. The zero-order chi connectivity index (χ0) is 15.9. The standard InChI is InChI=1S/C16H17N3O3/c17-10-13-7-4-8-19(13)16(21)14(18)9-15(20)22-11-12-5-2-1-3-6-12/h1-7,13-14H,8-9,11,18H2. The predicted molar refractivity (Wildman–Crippen MR) is 79.1 cm³/mol. The van der Waals surface area contributed by atoms with Crippen molar-refractivity contribution in [3.63, 3.8) is 0 Å². The molecular weight excluding hydrogens is 282 g/mol. The zero-order valence-corrected chi connectivity index (χ0v) is 12.0. The summed E-state index contributed by atoms with van der Waals surface area (Å²) < 4.78 is 5.09. The largest absolute Gasteiger partial charge is 0.461 e. The van der Waals surface area contributed by atoms with Crippen LogP contribution in [0.4, 0.5) is 0 Å². The first kappa shape index (κ1) is 15.7. The Morgan fingerprint density at radius 2 is 2.14 bits per heavy atom. The average Bonchev–Trinajstić information content (AvgIpc) is 3.01. The Balaban J connectivity index is 1.81. The Bertz CT molecular complexity index is 607. The van der Waals surface area contributed by atoms with Crippen LogP contribution in [-0.4, -0.2) is 35.4 Å². The number of nitrogens with zero attached hydrogens (tertiary/aromatic N) is 2. The molecule has 0 aliphatic carbocycles. The third-order valence-corrected chi connectivity index (χ3v) is 3.32. The molecule has 6 nitrogen and oxygen atoms in total. The first-order chi connectivity index (χ1) is 10.6. The molecule has 0 spiro atoms. The zero-order valence-electron chi connectivity index (χ0n) is 12.0. The van der Waals surface area contributed by atoms with Crippen LogP contribution < -0.4 is 5.73 Å². The number of ether oxygens (including phenoxy) is 1. The van der Waals surface area contributed by atoms with Crippen LogP contribution in [0.1, 0.15) is 12.0 Å². The average molecular weight is 299 g/mol. The van der Waals surface area contributed by atoms with Crippen LogP contribution in [0.3, 0.4) is 0 Å². The molecule has 2 rings (SSSR count). The Morgan fingerprint density at radius 3 is 2.82 bits per heavy atom. The van der Waals surface area contributed by atoms with Gasteiger partial charge < -0.3 is 15.4 Å². The molecular formula is C16H17N3O3. The maximum atomic E-state index is 12.1. The second kappa shape index (κ2) is 7.38. The number of nitriles is 1. The van der Waals surface area contributed by atoms with E-state index in [1.54, 1.807) is 12.2 Å². The minimum atomic E-state index is -1.00. The van der Waals surface area contributed by atoms with Gasteiger partial charge in [-0.25, -0.2) is 0 Å². The van der Waals surface area contributed by atoms with Crippen molar-refractivity contribution in [1.29, 1.82) is 5.26 Å². The summed E-state index contributed by atoms with van der Waals surface area (Å²) in [4.78, 5) is 25.2. The van der Waals surface area contributed by atoms with Crippen LogP contribution in [0.25, 0.3) is 0 Å². The van der Waals surface area contributed by atoms with Gasteiger partial charge >= 0.3 is 5.97 Å². The molecule has 0 radical (unpaired) electrons. The summed E-state index contributed by atoms with van der Waals surface area (Å²) in [6.07, 6.45) is 3.16. The number of esters is 1. The molecule has 2 atom stereocenters. The smallest absolute Gasteiger partial charge is 0.308 e. The van der Waals surface area contributed by atoms with E-state index >= 15 is 0 Å². The number of rotatable bonds is 5. The normalized spacial score (nSPS) is 17.8. The van der Waals surface area contributed by atoms with Gasteiger partial charge in [-0.15, -0.1) is 0 Å². The molecule has 1 amide bonds. The highest BCUT2D eigenvalue weighted by Gasteiger charge is 2.29. The maximum absolute atomic E-state index is 12.1. The van der Waals surface area contributed by atoms with Gasteiger partial charge in [-0.2, -0.15) is 5.26 Å².